The molecule has 2 aliphatic heterocycles. The Morgan fingerprint density at radius 1 is 1.25 bits per heavy atom. The molecule has 0 saturated carbocycles. The number of likely N-dealkylation sites (tertiary alicyclic amines) is 2. The lowest BCUT2D eigenvalue weighted by Crippen LogP contribution is -2.50. The van der Waals surface area contributed by atoms with E-state index in [-0.39, 0.29) is 31.3 Å². The molecule has 24 heavy (non-hydrogen) atoms. The van der Waals surface area contributed by atoms with Crippen LogP contribution in [0.2, 0.25) is 0 Å². The van der Waals surface area contributed by atoms with Crippen molar-refractivity contribution in [3.63, 3.8) is 0 Å². The first kappa shape index (κ1) is 18.7. The highest BCUT2D eigenvalue weighted by Gasteiger charge is 2.36. The van der Waals surface area contributed by atoms with Gasteiger partial charge in [0.05, 0.1) is 19.2 Å². The van der Waals surface area contributed by atoms with Crippen molar-refractivity contribution < 1.29 is 14.0 Å². The van der Waals surface area contributed by atoms with Crippen LogP contribution in [0.15, 0.2) is 0 Å². The van der Waals surface area contributed by atoms with Gasteiger partial charge < -0.3 is 15.1 Å². The van der Waals surface area contributed by atoms with Crippen LogP contribution in [-0.4, -0.2) is 65.5 Å². The number of hydrogen-bond acceptors (Lipinski definition) is 4. The third-order valence-electron chi connectivity index (χ3n) is 4.74. The fraction of sp³-hybridized carbons (Fsp3) is 0.824. The first-order chi connectivity index (χ1) is 11.3. The Balaban J connectivity index is 1.82. The number of nitriles is 1. The van der Waals surface area contributed by atoms with Crippen molar-refractivity contribution in [2.24, 2.45) is 0 Å². The quantitative estimate of drug-likeness (QED) is 0.818. The normalized spacial score (nSPS) is 24.8. The Morgan fingerprint density at radius 3 is 2.54 bits per heavy atom. The van der Waals surface area contributed by atoms with Gasteiger partial charge in [-0.1, -0.05) is 0 Å². The Morgan fingerprint density at radius 2 is 1.92 bits per heavy atom. The lowest BCUT2D eigenvalue weighted by Gasteiger charge is -2.32. The van der Waals surface area contributed by atoms with Crippen LogP contribution >= 0.6 is 0 Å². The van der Waals surface area contributed by atoms with E-state index in [1.54, 1.807) is 0 Å². The number of rotatable bonds is 5. The molecule has 0 spiro atoms. The number of hydrogen-bond donors (Lipinski definition) is 1. The first-order valence-electron chi connectivity index (χ1n) is 8.68. The molecule has 0 aromatic rings. The fourth-order valence-corrected chi connectivity index (χ4v) is 3.29. The van der Waals surface area contributed by atoms with Gasteiger partial charge in [-0.2, -0.15) is 5.26 Å². The van der Waals surface area contributed by atoms with Crippen LogP contribution in [0.1, 0.15) is 46.0 Å². The van der Waals surface area contributed by atoms with Gasteiger partial charge >= 0.3 is 0 Å². The molecule has 2 rings (SSSR count). The summed E-state index contributed by atoms with van der Waals surface area (Å²) in [4.78, 5) is 27.8. The van der Waals surface area contributed by atoms with Crippen molar-refractivity contribution in [1.29, 1.82) is 5.26 Å². The molecule has 2 fully saturated rings. The molecule has 0 radical (unpaired) electrons. The summed E-state index contributed by atoms with van der Waals surface area (Å²) in [6, 6.07) is 1.29. The van der Waals surface area contributed by atoms with Crippen molar-refractivity contribution in [1.82, 2.24) is 15.1 Å². The lowest BCUT2D eigenvalue weighted by atomic mass is 9.98. The summed E-state index contributed by atoms with van der Waals surface area (Å²) >= 11 is 0. The van der Waals surface area contributed by atoms with Gasteiger partial charge in [0.25, 0.3) is 0 Å². The maximum absolute atomic E-state index is 13.4. The van der Waals surface area contributed by atoms with E-state index in [2.05, 4.69) is 5.32 Å². The maximum Gasteiger partial charge on any atom is 0.237 e. The van der Waals surface area contributed by atoms with E-state index in [0.29, 0.717) is 6.42 Å². The zero-order valence-electron chi connectivity index (χ0n) is 14.6. The number of piperidine rings is 1. The molecular formula is C17H27FN4O2. The molecule has 2 heterocycles. The van der Waals surface area contributed by atoms with Gasteiger partial charge in [-0.15, -0.1) is 0 Å². The number of nitrogens with zero attached hydrogens (tertiary/aromatic N) is 3. The van der Waals surface area contributed by atoms with Gasteiger partial charge in [-0.25, -0.2) is 4.39 Å². The van der Waals surface area contributed by atoms with Gasteiger partial charge in [-0.05, 0) is 33.1 Å². The van der Waals surface area contributed by atoms with E-state index < -0.39 is 17.8 Å². The molecule has 7 heteroatoms. The van der Waals surface area contributed by atoms with E-state index >= 15 is 0 Å². The summed E-state index contributed by atoms with van der Waals surface area (Å²) in [5.41, 5.74) is -0.527. The number of alkyl halides is 1. The van der Waals surface area contributed by atoms with Gasteiger partial charge in [-0.3, -0.25) is 9.59 Å². The highest BCUT2D eigenvalue weighted by Crippen LogP contribution is 2.20. The topological polar surface area (TPSA) is 76.4 Å². The number of nitrogens with one attached hydrogen (secondary N) is 1. The molecule has 1 N–H and O–H groups in total. The van der Waals surface area contributed by atoms with Gasteiger partial charge in [0.2, 0.25) is 11.8 Å². The number of amides is 2. The molecular weight excluding hydrogens is 311 g/mol. The summed E-state index contributed by atoms with van der Waals surface area (Å²) in [5, 5.41) is 12.1. The monoisotopic (exact) mass is 338 g/mol. The summed E-state index contributed by atoms with van der Waals surface area (Å²) in [7, 11) is 0. The average molecular weight is 338 g/mol. The van der Waals surface area contributed by atoms with Gasteiger partial charge in [0.1, 0.15) is 12.2 Å². The molecule has 2 saturated heterocycles. The molecule has 134 valence electrons. The van der Waals surface area contributed by atoms with Gasteiger partial charge in [0.15, 0.2) is 0 Å². The zero-order chi connectivity index (χ0) is 17.7. The molecule has 6 nitrogen and oxygen atoms in total. The second-order valence-electron chi connectivity index (χ2n) is 7.38. The standard InChI is InChI=1S/C17H27FN4O2/c1-17(2,9-15(23)21-6-4-3-5-7-21)20-11-16(24)22-12-13(18)8-14(22)10-19/h13-14,20H,3-9,11-12H2,1-2H3/t13-,14-/m0/s1. The Bertz CT molecular complexity index is 511. The SMILES string of the molecule is CC(C)(CC(=O)N1CCCCC1)NCC(=O)N1C[C@@H](F)C[C@H]1C#N. The Kier molecular flexibility index (Phi) is 6.16. The fourth-order valence-electron chi connectivity index (χ4n) is 3.29. The zero-order valence-corrected chi connectivity index (χ0v) is 14.6. The Hall–Kier alpha value is -1.68. The van der Waals surface area contributed by atoms with Crippen molar-refractivity contribution in [2.75, 3.05) is 26.2 Å². The summed E-state index contributed by atoms with van der Waals surface area (Å²) in [6.07, 6.45) is 2.53. The second kappa shape index (κ2) is 7.93. The van der Waals surface area contributed by atoms with Crippen molar-refractivity contribution in [2.45, 2.75) is 63.7 Å². The number of halogens is 1. The molecule has 0 aromatic heterocycles. The van der Waals surface area contributed by atoms with E-state index in [9.17, 15) is 14.0 Å². The predicted molar refractivity (Wildman–Crippen MR) is 87.8 cm³/mol. The maximum atomic E-state index is 13.4. The molecule has 0 aliphatic carbocycles. The summed E-state index contributed by atoms with van der Waals surface area (Å²) in [5.74, 6) is -0.195. The van der Waals surface area contributed by atoms with E-state index in [1.165, 1.54) is 11.3 Å². The van der Waals surface area contributed by atoms with E-state index in [0.717, 1.165) is 25.9 Å². The Labute approximate surface area is 143 Å². The molecule has 2 atom stereocenters. The molecule has 0 unspecified atom stereocenters. The largest absolute Gasteiger partial charge is 0.343 e. The van der Waals surface area contributed by atoms with Crippen LogP contribution in [0.4, 0.5) is 4.39 Å². The van der Waals surface area contributed by atoms with E-state index in [4.69, 9.17) is 5.26 Å². The van der Waals surface area contributed by atoms with Crippen LogP contribution in [0.25, 0.3) is 0 Å². The van der Waals surface area contributed by atoms with Crippen LogP contribution in [0, 0.1) is 11.3 Å². The lowest BCUT2D eigenvalue weighted by molar-refractivity contribution is -0.134. The highest BCUT2D eigenvalue weighted by atomic mass is 19.1. The van der Waals surface area contributed by atoms with Crippen LogP contribution in [0.3, 0.4) is 0 Å². The van der Waals surface area contributed by atoms with Crippen LogP contribution in [-0.2, 0) is 9.59 Å². The van der Waals surface area contributed by atoms with Crippen LogP contribution < -0.4 is 5.32 Å². The van der Waals surface area contributed by atoms with Crippen molar-refractivity contribution in [3.8, 4) is 6.07 Å². The number of carbonyl (C=O) groups excluding carboxylic acids is 2. The van der Waals surface area contributed by atoms with E-state index in [1.807, 2.05) is 24.8 Å². The minimum Gasteiger partial charge on any atom is -0.343 e. The molecule has 2 aliphatic rings. The van der Waals surface area contributed by atoms with Gasteiger partial charge in [0, 0.05) is 31.5 Å². The van der Waals surface area contributed by atoms with Crippen molar-refractivity contribution >= 4 is 11.8 Å². The predicted octanol–water partition coefficient (Wildman–Crippen LogP) is 1.22. The summed E-state index contributed by atoms with van der Waals surface area (Å²) in [6.45, 7) is 5.36. The molecule has 2 amide bonds. The van der Waals surface area contributed by atoms with Crippen LogP contribution in [0.5, 0.6) is 0 Å². The third kappa shape index (κ3) is 4.91. The second-order valence-corrected chi connectivity index (χ2v) is 7.38. The first-order valence-corrected chi connectivity index (χ1v) is 8.68. The summed E-state index contributed by atoms with van der Waals surface area (Å²) < 4.78 is 13.4. The molecule has 0 aromatic carbocycles. The minimum absolute atomic E-state index is 0.00514. The molecule has 0 bridgehead atoms. The third-order valence-corrected chi connectivity index (χ3v) is 4.74. The van der Waals surface area contributed by atoms with Crippen molar-refractivity contribution in [3.05, 3.63) is 0 Å². The minimum atomic E-state index is -1.13. The average Bonchev–Trinajstić information content (AvgIpc) is 2.94. The smallest absolute Gasteiger partial charge is 0.237 e. The number of carbonyl (C=O) groups is 2. The highest BCUT2D eigenvalue weighted by molar-refractivity contribution is 5.80.